The molecule has 18 N–H and O–H groups in total. The molecule has 0 aliphatic heterocycles. The number of rotatable bonds is 33. The van der Waals surface area contributed by atoms with E-state index in [1.807, 2.05) is 13.8 Å². The summed E-state index contributed by atoms with van der Waals surface area (Å²) in [6, 6.07) is -4.54. The van der Waals surface area contributed by atoms with Crippen LogP contribution < -0.4 is 65.5 Å². The SMILES string of the molecule is CC[C@H](C)[C@H](NC(=O)[C@H](CC(C)C)NC(=O)[C@@H](CS)NC(C)=O)C(=O)N[C@H](C(=O)N[C@@H](CCCN=C(N)N)C(=O)N[C@@H](CS)C(=O)N[C@@H](CCCCN)C(=O)N[C@@H](Cc1ccc(O)cc1)C(N)=O)[C@@H](C)O. The Hall–Kier alpha value is -5.86. The number of aliphatic imine (C=N–C) groups is 1. The van der Waals surface area contributed by atoms with Crippen LogP contribution in [0.15, 0.2) is 29.3 Å². The molecular weight excluding hydrogens is 963 g/mol. The number of benzene rings is 1. The maximum Gasteiger partial charge on any atom is 0.245 e. The van der Waals surface area contributed by atoms with Gasteiger partial charge >= 0.3 is 0 Å². The van der Waals surface area contributed by atoms with E-state index in [0.717, 1.165) is 0 Å². The Bertz CT molecular complexity index is 1960. The summed E-state index contributed by atoms with van der Waals surface area (Å²) in [5, 5.41) is 41.0. The minimum atomic E-state index is -1.70. The molecule has 0 aliphatic carbocycles. The second-order valence-corrected chi connectivity index (χ2v) is 18.4. The van der Waals surface area contributed by atoms with Crippen LogP contribution in [0.4, 0.5) is 0 Å². The molecule has 1 aromatic rings. The van der Waals surface area contributed by atoms with E-state index in [1.54, 1.807) is 26.0 Å². The van der Waals surface area contributed by atoms with E-state index >= 15 is 0 Å². The molecule has 26 heteroatoms. The molecule has 0 spiro atoms. The molecule has 0 bridgehead atoms. The van der Waals surface area contributed by atoms with E-state index in [1.165, 1.54) is 26.0 Å². The van der Waals surface area contributed by atoms with Crippen molar-refractivity contribution in [1.29, 1.82) is 0 Å². The predicted molar refractivity (Wildman–Crippen MR) is 273 cm³/mol. The van der Waals surface area contributed by atoms with Gasteiger partial charge in [0, 0.05) is 31.4 Å². The third-order valence-corrected chi connectivity index (χ3v) is 11.8. The van der Waals surface area contributed by atoms with E-state index in [4.69, 9.17) is 22.9 Å². The largest absolute Gasteiger partial charge is 0.508 e. The molecule has 1 aromatic carbocycles. The van der Waals surface area contributed by atoms with Crippen LogP contribution in [0.25, 0.3) is 0 Å². The number of thiol groups is 2. The van der Waals surface area contributed by atoms with Gasteiger partial charge in [0.05, 0.1) is 6.10 Å². The Morgan fingerprint density at radius 2 is 1.06 bits per heavy atom. The first-order valence-corrected chi connectivity index (χ1v) is 24.8. The number of aliphatic hydroxyl groups excluding tert-OH is 1. The number of phenolic OH excluding ortho intramolecular Hbond substituents is 1. The summed E-state index contributed by atoms with van der Waals surface area (Å²) in [5.74, 6) is -8.40. The lowest BCUT2D eigenvalue weighted by atomic mass is 9.96. The lowest BCUT2D eigenvalue weighted by Gasteiger charge is -2.30. The minimum absolute atomic E-state index is 0.00745. The van der Waals surface area contributed by atoms with Crippen LogP contribution in [0.3, 0.4) is 0 Å². The summed E-state index contributed by atoms with van der Waals surface area (Å²) in [6.07, 6.45) is -0.133. The number of hydrogen-bond donors (Lipinski definition) is 16. The fraction of sp³-hybridized carbons (Fsp3) is 0.644. The highest BCUT2D eigenvalue weighted by Gasteiger charge is 2.37. The van der Waals surface area contributed by atoms with Crippen LogP contribution in [0.5, 0.6) is 5.75 Å². The van der Waals surface area contributed by atoms with E-state index in [0.29, 0.717) is 24.8 Å². The summed E-state index contributed by atoms with van der Waals surface area (Å²) in [7, 11) is 0. The van der Waals surface area contributed by atoms with Crippen LogP contribution >= 0.6 is 25.3 Å². The summed E-state index contributed by atoms with van der Waals surface area (Å²) in [6.45, 7) is 9.81. The smallest absolute Gasteiger partial charge is 0.245 e. The maximum atomic E-state index is 14.0. The minimum Gasteiger partial charge on any atom is -0.508 e. The van der Waals surface area contributed by atoms with Gasteiger partial charge in [-0.05, 0) is 81.5 Å². The molecule has 0 aliphatic rings. The van der Waals surface area contributed by atoms with Crippen molar-refractivity contribution in [3.63, 3.8) is 0 Å². The normalized spacial score (nSPS) is 15.3. The third-order valence-electron chi connectivity index (χ3n) is 11.1. The Morgan fingerprint density at radius 3 is 1.54 bits per heavy atom. The predicted octanol–water partition coefficient (Wildman–Crippen LogP) is -3.17. The molecule has 0 heterocycles. The number of nitrogens with two attached hydrogens (primary N) is 4. The molecule has 9 amide bonds. The molecule has 400 valence electrons. The molecule has 0 saturated carbocycles. The lowest BCUT2D eigenvalue weighted by molar-refractivity contribution is -0.137. The zero-order chi connectivity index (χ0) is 54.0. The molecular formula is C45H77N13O11S2. The molecule has 1 rings (SSSR count). The van der Waals surface area contributed by atoms with Crippen molar-refractivity contribution >= 4 is 84.4 Å². The quantitative estimate of drug-likeness (QED) is 0.0143. The van der Waals surface area contributed by atoms with Crippen LogP contribution in [-0.2, 0) is 49.6 Å². The van der Waals surface area contributed by atoms with Crippen LogP contribution in [0, 0.1) is 11.8 Å². The van der Waals surface area contributed by atoms with Crippen molar-refractivity contribution in [1.82, 2.24) is 42.5 Å². The molecule has 71 heavy (non-hydrogen) atoms. The van der Waals surface area contributed by atoms with Gasteiger partial charge in [0.25, 0.3) is 0 Å². The first-order valence-electron chi connectivity index (χ1n) is 23.5. The highest BCUT2D eigenvalue weighted by molar-refractivity contribution is 7.80. The number of nitrogens with zero attached hydrogens (tertiary/aromatic N) is 1. The van der Waals surface area contributed by atoms with Gasteiger partial charge in [-0.15, -0.1) is 0 Å². The van der Waals surface area contributed by atoms with E-state index in [9.17, 15) is 53.4 Å². The van der Waals surface area contributed by atoms with Gasteiger partial charge in [0.1, 0.15) is 54.1 Å². The van der Waals surface area contributed by atoms with Crippen LogP contribution in [-0.4, -0.2) is 148 Å². The number of aliphatic hydroxyl groups is 1. The van der Waals surface area contributed by atoms with Gasteiger partial charge < -0.3 is 75.7 Å². The van der Waals surface area contributed by atoms with Gasteiger partial charge in [0.15, 0.2) is 5.96 Å². The fourth-order valence-electron chi connectivity index (χ4n) is 6.92. The molecule has 0 aromatic heterocycles. The standard InChI is InChI=1S/C45H77N13O11S2/c1-7-24(4)35(57-40(65)32(19-23(2)3)55-41(66)33(21-70)51-26(6)60)43(68)58-36(25(5)59)44(69)53-30(12-10-18-50-45(48)49)39(64)56-34(22-71)42(67)52-29(11-8-9-17-46)38(63)54-31(37(47)62)20-27-13-15-28(61)16-14-27/h13-16,23-25,29-36,59,61,70-71H,7-12,17-22,46H2,1-6H3,(H2,47,62)(H,51,60)(H,52,67)(H,53,69)(H,54,63)(H,55,66)(H,56,64)(H,57,65)(H,58,68)(H4,48,49,50)/t24-,25+,29-,30-,31-,32-,33+,34-,35-,36-/m0/s1. The number of primary amides is 1. The molecule has 24 nitrogen and oxygen atoms in total. The van der Waals surface area contributed by atoms with E-state index in [2.05, 4.69) is 72.8 Å². The summed E-state index contributed by atoms with van der Waals surface area (Å²) in [4.78, 5) is 124. The molecule has 0 saturated heterocycles. The number of phenols is 1. The average Bonchev–Trinajstić information content (AvgIpc) is 3.30. The van der Waals surface area contributed by atoms with Crippen molar-refractivity contribution < 1.29 is 53.4 Å². The number of aromatic hydroxyl groups is 1. The number of amides is 9. The fourth-order valence-corrected chi connectivity index (χ4v) is 7.43. The number of hydrogen-bond acceptors (Lipinski definition) is 15. The highest BCUT2D eigenvalue weighted by Crippen LogP contribution is 2.14. The van der Waals surface area contributed by atoms with Crippen molar-refractivity contribution in [3.05, 3.63) is 29.8 Å². The zero-order valence-electron chi connectivity index (χ0n) is 41.4. The topological polar surface area (TPSA) is 407 Å². The Balaban J connectivity index is 3.40. The maximum absolute atomic E-state index is 14.0. The number of unbranched alkanes of at least 4 members (excludes halogenated alkanes) is 1. The summed E-state index contributed by atoms with van der Waals surface area (Å²) < 4.78 is 0. The Morgan fingerprint density at radius 1 is 0.606 bits per heavy atom. The number of carbonyl (C=O) groups is 9. The zero-order valence-corrected chi connectivity index (χ0v) is 43.2. The number of guanidine groups is 1. The first kappa shape index (κ1) is 63.2. The summed E-state index contributed by atoms with van der Waals surface area (Å²) >= 11 is 8.39. The first-order chi connectivity index (χ1) is 33.4. The van der Waals surface area contributed by atoms with Gasteiger partial charge in [-0.25, -0.2) is 0 Å². The molecule has 0 unspecified atom stereocenters. The molecule has 10 atom stereocenters. The number of carbonyl (C=O) groups excluding carboxylic acids is 9. The van der Waals surface area contributed by atoms with Crippen molar-refractivity contribution in [2.45, 2.75) is 147 Å². The Kier molecular flexibility index (Phi) is 29.3. The van der Waals surface area contributed by atoms with Crippen molar-refractivity contribution in [2.75, 3.05) is 24.6 Å². The summed E-state index contributed by atoms with van der Waals surface area (Å²) in [5.41, 5.74) is 22.8. The molecule has 0 radical (unpaired) electrons. The third kappa shape index (κ3) is 23.7. The average molecular weight is 1040 g/mol. The van der Waals surface area contributed by atoms with Gasteiger partial charge in [-0.1, -0.05) is 46.2 Å². The van der Waals surface area contributed by atoms with E-state index in [-0.39, 0.29) is 74.3 Å². The van der Waals surface area contributed by atoms with Crippen molar-refractivity contribution in [2.24, 2.45) is 39.8 Å². The van der Waals surface area contributed by atoms with Gasteiger partial charge in [0.2, 0.25) is 53.2 Å². The Labute approximate surface area is 426 Å². The second-order valence-electron chi connectivity index (χ2n) is 17.7. The second kappa shape index (κ2) is 32.9. The molecule has 0 fully saturated rings. The van der Waals surface area contributed by atoms with E-state index < -0.39 is 114 Å². The van der Waals surface area contributed by atoms with Gasteiger partial charge in [-0.3, -0.25) is 48.1 Å². The number of nitrogens with one attached hydrogen (secondary N) is 8. The monoisotopic (exact) mass is 1040 g/mol. The van der Waals surface area contributed by atoms with Crippen molar-refractivity contribution in [3.8, 4) is 5.75 Å². The van der Waals surface area contributed by atoms with Gasteiger partial charge in [-0.2, -0.15) is 25.3 Å². The lowest BCUT2D eigenvalue weighted by Crippen LogP contribution is -2.63. The highest BCUT2D eigenvalue weighted by atomic mass is 32.1. The van der Waals surface area contributed by atoms with Crippen LogP contribution in [0.1, 0.15) is 92.1 Å². The van der Waals surface area contributed by atoms with Crippen LogP contribution in [0.2, 0.25) is 0 Å².